The molecule has 1 aliphatic heterocycles. The number of aromatic nitrogens is 3. The Balaban J connectivity index is 1.38. The number of fused-ring (bicyclic) bond motifs is 5. The summed E-state index contributed by atoms with van der Waals surface area (Å²) in [5, 5.41) is 4.61. The monoisotopic (exact) mass is 538 g/mol. The number of rotatable bonds is 3. The van der Waals surface area contributed by atoms with Crippen molar-refractivity contribution >= 4 is 49.9 Å². The van der Waals surface area contributed by atoms with Crippen LogP contribution in [0.3, 0.4) is 0 Å². The van der Waals surface area contributed by atoms with Gasteiger partial charge >= 0.3 is 0 Å². The van der Waals surface area contributed by atoms with Crippen molar-refractivity contribution in [2.75, 3.05) is 4.90 Å². The summed E-state index contributed by atoms with van der Waals surface area (Å²) in [6, 6.07) is 38.0. The molecular formula is C37H22N4O. The van der Waals surface area contributed by atoms with E-state index < -0.39 is 0 Å². The van der Waals surface area contributed by atoms with Crippen LogP contribution in [0.2, 0.25) is 0 Å². The molecule has 8 aromatic rings. The highest BCUT2D eigenvalue weighted by atomic mass is 16.3. The Bertz CT molecular complexity index is 2250. The van der Waals surface area contributed by atoms with E-state index in [1.54, 1.807) is 12.4 Å². The third-order valence-electron chi connectivity index (χ3n) is 8.14. The molecule has 0 saturated heterocycles. The second kappa shape index (κ2) is 8.85. The molecule has 0 atom stereocenters. The van der Waals surface area contributed by atoms with Gasteiger partial charge in [-0.2, -0.15) is 0 Å². The van der Waals surface area contributed by atoms with Gasteiger partial charge in [0.05, 0.1) is 17.1 Å². The van der Waals surface area contributed by atoms with Gasteiger partial charge in [-0.25, -0.2) is 4.98 Å². The quantitative estimate of drug-likeness (QED) is 0.224. The fourth-order valence-corrected chi connectivity index (χ4v) is 6.26. The Labute approximate surface area is 241 Å². The molecule has 5 heteroatoms. The summed E-state index contributed by atoms with van der Waals surface area (Å²) in [4.78, 5) is 16.3. The van der Waals surface area contributed by atoms with Gasteiger partial charge in [-0.05, 0) is 65.0 Å². The smallest absolute Gasteiger partial charge is 0.138 e. The molecule has 42 heavy (non-hydrogen) atoms. The van der Waals surface area contributed by atoms with Crippen LogP contribution in [0.15, 0.2) is 138 Å². The van der Waals surface area contributed by atoms with Crippen molar-refractivity contribution in [2.45, 2.75) is 0 Å². The first kappa shape index (κ1) is 22.9. The maximum Gasteiger partial charge on any atom is 0.138 e. The lowest BCUT2D eigenvalue weighted by molar-refractivity contribution is 0.669. The van der Waals surface area contributed by atoms with Crippen LogP contribution in [-0.2, 0) is 0 Å². The lowest BCUT2D eigenvalue weighted by Crippen LogP contribution is -2.16. The maximum atomic E-state index is 6.39. The van der Waals surface area contributed by atoms with E-state index in [0.717, 1.165) is 67.1 Å². The van der Waals surface area contributed by atoms with E-state index in [-0.39, 0.29) is 0 Å². The van der Waals surface area contributed by atoms with Gasteiger partial charge in [0.15, 0.2) is 0 Å². The van der Waals surface area contributed by atoms with E-state index in [9.17, 15) is 0 Å². The largest absolute Gasteiger partial charge is 0.456 e. The van der Waals surface area contributed by atoms with Crippen molar-refractivity contribution in [2.24, 2.45) is 0 Å². The average Bonchev–Trinajstić information content (AvgIpc) is 3.42. The molecule has 0 fully saturated rings. The number of pyridine rings is 3. The zero-order valence-electron chi connectivity index (χ0n) is 22.4. The first-order valence-electron chi connectivity index (χ1n) is 13.9. The van der Waals surface area contributed by atoms with Crippen molar-refractivity contribution in [1.82, 2.24) is 15.0 Å². The summed E-state index contributed by atoms with van der Waals surface area (Å²) in [5.41, 5.74) is 10.0. The molecule has 5 heterocycles. The van der Waals surface area contributed by atoms with Crippen LogP contribution in [0.4, 0.5) is 17.2 Å². The Kier molecular flexibility index (Phi) is 4.83. The fourth-order valence-electron chi connectivity index (χ4n) is 6.26. The zero-order chi connectivity index (χ0) is 27.6. The van der Waals surface area contributed by atoms with Crippen molar-refractivity contribution in [3.05, 3.63) is 134 Å². The molecule has 9 rings (SSSR count). The molecule has 0 bridgehead atoms. The number of benzene rings is 4. The first-order valence-corrected chi connectivity index (χ1v) is 13.9. The molecule has 4 aromatic heterocycles. The summed E-state index contributed by atoms with van der Waals surface area (Å²) in [6.07, 6.45) is 7.33. The SMILES string of the molecule is c1cncc(-c2cc(-c3cccnc3)nc(N3c4cc5oc6ccccc6c5cc4-c4cccc5cccc3c45)c2)c1. The highest BCUT2D eigenvalue weighted by Gasteiger charge is 2.29. The second-order valence-electron chi connectivity index (χ2n) is 10.6. The van der Waals surface area contributed by atoms with Crippen molar-refractivity contribution in [3.8, 4) is 33.5 Å². The van der Waals surface area contributed by atoms with E-state index >= 15 is 0 Å². The molecule has 0 aliphatic carbocycles. The molecule has 0 unspecified atom stereocenters. The van der Waals surface area contributed by atoms with Crippen LogP contribution >= 0.6 is 0 Å². The number of anilines is 3. The summed E-state index contributed by atoms with van der Waals surface area (Å²) in [6.45, 7) is 0. The predicted octanol–water partition coefficient (Wildman–Crippen LogP) is 9.71. The van der Waals surface area contributed by atoms with Crippen LogP contribution in [-0.4, -0.2) is 15.0 Å². The lowest BCUT2D eigenvalue weighted by Gasteiger charge is -2.33. The van der Waals surface area contributed by atoms with Crippen LogP contribution in [0, 0.1) is 0 Å². The number of hydrogen-bond acceptors (Lipinski definition) is 5. The summed E-state index contributed by atoms with van der Waals surface area (Å²) < 4.78 is 6.39. The summed E-state index contributed by atoms with van der Waals surface area (Å²) in [5.74, 6) is 0.814. The lowest BCUT2D eigenvalue weighted by atomic mass is 9.90. The predicted molar refractivity (Wildman–Crippen MR) is 169 cm³/mol. The van der Waals surface area contributed by atoms with Gasteiger partial charge in [0.1, 0.15) is 17.0 Å². The van der Waals surface area contributed by atoms with Crippen LogP contribution in [0.1, 0.15) is 0 Å². The average molecular weight is 539 g/mol. The van der Waals surface area contributed by atoms with Gasteiger partial charge in [0, 0.05) is 63.7 Å². The van der Waals surface area contributed by atoms with Gasteiger partial charge in [-0.15, -0.1) is 0 Å². The van der Waals surface area contributed by atoms with Gasteiger partial charge in [-0.3, -0.25) is 14.9 Å². The molecule has 1 aliphatic rings. The maximum absolute atomic E-state index is 6.39. The third-order valence-corrected chi connectivity index (χ3v) is 8.14. The molecule has 0 N–H and O–H groups in total. The minimum Gasteiger partial charge on any atom is -0.456 e. The van der Waals surface area contributed by atoms with Crippen molar-refractivity contribution < 1.29 is 4.42 Å². The topological polar surface area (TPSA) is 55.1 Å². The van der Waals surface area contributed by atoms with Gasteiger partial charge < -0.3 is 4.42 Å². The minimum absolute atomic E-state index is 0.814. The van der Waals surface area contributed by atoms with Crippen molar-refractivity contribution in [1.29, 1.82) is 0 Å². The number of para-hydroxylation sites is 1. The number of nitrogens with zero attached hydrogens (tertiary/aromatic N) is 4. The van der Waals surface area contributed by atoms with E-state index in [0.29, 0.717) is 0 Å². The van der Waals surface area contributed by atoms with E-state index in [1.807, 2.05) is 42.7 Å². The molecule has 0 amide bonds. The molecule has 4 aromatic carbocycles. The van der Waals surface area contributed by atoms with Crippen LogP contribution in [0.5, 0.6) is 0 Å². The Morgan fingerprint density at radius 1 is 0.548 bits per heavy atom. The van der Waals surface area contributed by atoms with E-state index in [4.69, 9.17) is 9.40 Å². The molecule has 5 nitrogen and oxygen atoms in total. The number of hydrogen-bond donors (Lipinski definition) is 0. The highest BCUT2D eigenvalue weighted by molar-refractivity contribution is 6.17. The third kappa shape index (κ3) is 3.40. The standard InChI is InChI=1S/C37H22N4O/c1-2-14-34-27(11-1)30-19-29-28-12-3-7-23-8-4-13-32(37(23)28)41(33(29)20-35(30)42-34)36-18-26(24-9-5-15-38-21-24)17-31(40-36)25-10-6-16-39-22-25/h1-22H. The van der Waals surface area contributed by atoms with E-state index in [1.165, 1.54) is 16.3 Å². The Morgan fingerprint density at radius 3 is 2.19 bits per heavy atom. The first-order chi connectivity index (χ1) is 20.8. The van der Waals surface area contributed by atoms with Gasteiger partial charge in [-0.1, -0.05) is 54.6 Å². The van der Waals surface area contributed by atoms with E-state index in [2.05, 4.69) is 93.7 Å². The molecular weight excluding hydrogens is 516 g/mol. The minimum atomic E-state index is 0.814. The number of furan rings is 1. The molecule has 0 radical (unpaired) electrons. The van der Waals surface area contributed by atoms with Gasteiger partial charge in [0.25, 0.3) is 0 Å². The normalized spacial score (nSPS) is 12.2. The highest BCUT2D eigenvalue weighted by Crippen LogP contribution is 2.52. The fraction of sp³-hybridized carbons (Fsp3) is 0. The molecule has 0 saturated carbocycles. The summed E-state index contributed by atoms with van der Waals surface area (Å²) >= 11 is 0. The summed E-state index contributed by atoms with van der Waals surface area (Å²) in [7, 11) is 0. The Morgan fingerprint density at radius 2 is 1.36 bits per heavy atom. The van der Waals surface area contributed by atoms with Crippen LogP contribution in [0.25, 0.3) is 66.2 Å². The molecule has 196 valence electrons. The Hall–Kier alpha value is -5.81. The van der Waals surface area contributed by atoms with Crippen molar-refractivity contribution in [3.63, 3.8) is 0 Å². The van der Waals surface area contributed by atoms with Crippen LogP contribution < -0.4 is 4.90 Å². The second-order valence-corrected chi connectivity index (χ2v) is 10.6. The molecule has 0 spiro atoms. The zero-order valence-corrected chi connectivity index (χ0v) is 22.4. The van der Waals surface area contributed by atoms with Gasteiger partial charge in [0.2, 0.25) is 0 Å².